The van der Waals surface area contributed by atoms with Crippen molar-refractivity contribution in [2.24, 2.45) is 17.3 Å². The van der Waals surface area contributed by atoms with Crippen LogP contribution in [0.1, 0.15) is 57.4 Å². The van der Waals surface area contributed by atoms with Crippen LogP contribution in [0.5, 0.6) is 0 Å². The molecule has 4 aliphatic rings. The number of nitrogens with one attached hydrogen (secondary N) is 1. The molecule has 0 spiro atoms. The van der Waals surface area contributed by atoms with Crippen molar-refractivity contribution in [2.45, 2.75) is 63.6 Å². The van der Waals surface area contributed by atoms with E-state index in [1.54, 1.807) is 6.20 Å². The molecule has 1 aromatic heterocycles. The number of aliphatic hydroxyl groups is 2. The minimum atomic E-state index is -0.761. The third kappa shape index (κ3) is 4.28. The fourth-order valence-corrected chi connectivity index (χ4v) is 6.26. The first-order chi connectivity index (χ1) is 15.4. The van der Waals surface area contributed by atoms with Crippen LogP contribution in [-0.4, -0.2) is 41.0 Å². The Morgan fingerprint density at radius 2 is 1.97 bits per heavy atom. The maximum absolute atomic E-state index is 12.0. The maximum Gasteiger partial charge on any atom is 0.0933 e. The number of hydrogen-bond donors (Lipinski definition) is 3. The van der Waals surface area contributed by atoms with Gasteiger partial charge in [-0.2, -0.15) is 0 Å². The van der Waals surface area contributed by atoms with E-state index in [2.05, 4.69) is 53.7 Å². The van der Waals surface area contributed by atoms with Gasteiger partial charge in [-0.3, -0.25) is 4.98 Å². The maximum atomic E-state index is 12.0. The van der Waals surface area contributed by atoms with Crippen LogP contribution in [0.15, 0.2) is 65.5 Å². The molecule has 4 nitrogen and oxygen atoms in total. The van der Waals surface area contributed by atoms with Crippen molar-refractivity contribution < 1.29 is 10.2 Å². The van der Waals surface area contributed by atoms with E-state index < -0.39 is 5.60 Å². The molecule has 0 saturated heterocycles. The number of pyridine rings is 1. The zero-order valence-electron chi connectivity index (χ0n) is 19.7. The summed E-state index contributed by atoms with van der Waals surface area (Å²) in [6.07, 6.45) is 21.2. The first-order valence-electron chi connectivity index (χ1n) is 12.1. The van der Waals surface area contributed by atoms with E-state index >= 15 is 0 Å². The smallest absolute Gasteiger partial charge is 0.0933 e. The number of aromatic nitrogens is 1. The van der Waals surface area contributed by atoms with Crippen LogP contribution in [-0.2, 0) is 0 Å². The molecule has 5 rings (SSSR count). The van der Waals surface area contributed by atoms with Crippen molar-refractivity contribution in [1.82, 2.24) is 10.3 Å². The van der Waals surface area contributed by atoms with Gasteiger partial charge in [-0.1, -0.05) is 48.9 Å². The predicted molar refractivity (Wildman–Crippen MR) is 131 cm³/mol. The number of hydrogen-bond acceptors (Lipinski definition) is 4. The SMILES string of the molecule is CC12CC=C3C=C4CC(O)CCC4CC[C@]3(O)C1CC=C2/C=C/c1cccnc1.CNC. The molecule has 1 aromatic rings. The number of allylic oxidation sites excluding steroid dienone is 4. The summed E-state index contributed by atoms with van der Waals surface area (Å²) in [6.45, 7) is 2.32. The molecule has 3 N–H and O–H groups in total. The molecule has 1 heterocycles. The Hall–Kier alpha value is -2.01. The van der Waals surface area contributed by atoms with Gasteiger partial charge in [0.1, 0.15) is 0 Å². The van der Waals surface area contributed by atoms with Gasteiger partial charge in [-0.05, 0) is 87.7 Å². The first kappa shape index (κ1) is 23.2. The number of fused-ring (bicyclic) bond motifs is 4. The monoisotopic (exact) mass is 434 g/mol. The second kappa shape index (κ2) is 9.46. The predicted octanol–water partition coefficient (Wildman–Crippen LogP) is 4.83. The molecule has 0 bridgehead atoms. The fourth-order valence-electron chi connectivity index (χ4n) is 6.26. The van der Waals surface area contributed by atoms with E-state index in [4.69, 9.17) is 0 Å². The second-order valence-corrected chi connectivity index (χ2v) is 10.2. The van der Waals surface area contributed by atoms with Crippen molar-refractivity contribution in [1.29, 1.82) is 0 Å². The van der Waals surface area contributed by atoms with Crippen molar-refractivity contribution in [2.75, 3.05) is 14.1 Å². The third-order valence-corrected chi connectivity index (χ3v) is 8.02. The van der Waals surface area contributed by atoms with Crippen LogP contribution in [0, 0.1) is 17.3 Å². The lowest BCUT2D eigenvalue weighted by Gasteiger charge is -2.48. The molecular formula is C28H38N2O2. The van der Waals surface area contributed by atoms with Gasteiger partial charge in [0.25, 0.3) is 0 Å². The lowest BCUT2D eigenvalue weighted by molar-refractivity contribution is -0.0372. The summed E-state index contributed by atoms with van der Waals surface area (Å²) < 4.78 is 0. The van der Waals surface area contributed by atoms with Crippen LogP contribution < -0.4 is 5.32 Å². The molecule has 1 fully saturated rings. The largest absolute Gasteiger partial charge is 0.393 e. The standard InChI is InChI=1S/C26H31NO2.C2H7N/c1-25-12-11-22-15-20-16-23(28)8-5-19(20)10-13-26(22,29)24(25)9-7-21(25)6-4-18-3-2-14-27-17-18;1-3-2/h2-4,6-7,11,14-15,17,19,23-24,28-29H,5,8-10,12-13,16H2,1H3;3H,1-2H3/b6-4+;/t19?,23?,24?,25?,26-;/m1./s1. The molecule has 0 aromatic carbocycles. The lowest BCUT2D eigenvalue weighted by Crippen LogP contribution is -2.48. The molecular weight excluding hydrogens is 396 g/mol. The van der Waals surface area contributed by atoms with Crippen LogP contribution in [0.4, 0.5) is 0 Å². The summed E-state index contributed by atoms with van der Waals surface area (Å²) in [5, 5.41) is 24.9. The van der Waals surface area contributed by atoms with Crippen LogP contribution in [0.3, 0.4) is 0 Å². The summed E-state index contributed by atoms with van der Waals surface area (Å²) in [4.78, 5) is 4.20. The summed E-state index contributed by atoms with van der Waals surface area (Å²) in [6, 6.07) is 4.03. The molecule has 5 atom stereocenters. The number of nitrogens with zero attached hydrogens (tertiary/aromatic N) is 1. The van der Waals surface area contributed by atoms with E-state index in [1.807, 2.05) is 26.4 Å². The highest BCUT2D eigenvalue weighted by Crippen LogP contribution is 2.59. The van der Waals surface area contributed by atoms with Gasteiger partial charge in [0.05, 0.1) is 11.7 Å². The van der Waals surface area contributed by atoms with E-state index in [1.165, 1.54) is 11.1 Å². The Morgan fingerprint density at radius 1 is 1.16 bits per heavy atom. The van der Waals surface area contributed by atoms with Gasteiger partial charge < -0.3 is 15.5 Å². The Balaban J connectivity index is 0.000000775. The average Bonchev–Trinajstić information content (AvgIpc) is 3.05. The molecule has 0 amide bonds. The van der Waals surface area contributed by atoms with E-state index in [0.29, 0.717) is 5.92 Å². The molecule has 0 aliphatic heterocycles. The quantitative estimate of drug-likeness (QED) is 0.624. The zero-order valence-corrected chi connectivity index (χ0v) is 19.7. The van der Waals surface area contributed by atoms with Crippen LogP contribution in [0.2, 0.25) is 0 Å². The molecule has 32 heavy (non-hydrogen) atoms. The number of rotatable bonds is 2. The van der Waals surface area contributed by atoms with Gasteiger partial charge in [-0.25, -0.2) is 0 Å². The summed E-state index contributed by atoms with van der Waals surface area (Å²) in [5.74, 6) is 0.741. The number of aliphatic hydroxyl groups excluding tert-OH is 1. The van der Waals surface area contributed by atoms with Crippen LogP contribution in [0.25, 0.3) is 6.08 Å². The molecule has 172 valence electrons. The summed E-state index contributed by atoms with van der Waals surface area (Å²) in [5.41, 5.74) is 4.11. The lowest BCUT2D eigenvalue weighted by atomic mass is 9.59. The third-order valence-electron chi connectivity index (χ3n) is 8.02. The topological polar surface area (TPSA) is 65.4 Å². The highest BCUT2D eigenvalue weighted by atomic mass is 16.3. The molecule has 1 saturated carbocycles. The molecule has 4 aliphatic carbocycles. The normalized spacial score (nSPS) is 35.9. The highest BCUT2D eigenvalue weighted by Gasteiger charge is 2.55. The minimum absolute atomic E-state index is 0.0372. The Bertz CT molecular complexity index is 932. The van der Waals surface area contributed by atoms with E-state index in [9.17, 15) is 10.2 Å². The highest BCUT2D eigenvalue weighted by molar-refractivity contribution is 5.55. The first-order valence-corrected chi connectivity index (χ1v) is 12.1. The minimum Gasteiger partial charge on any atom is -0.393 e. The Kier molecular flexibility index (Phi) is 6.85. The van der Waals surface area contributed by atoms with Crippen molar-refractivity contribution in [3.63, 3.8) is 0 Å². The van der Waals surface area contributed by atoms with Gasteiger partial charge >= 0.3 is 0 Å². The van der Waals surface area contributed by atoms with E-state index in [0.717, 1.165) is 56.1 Å². The van der Waals surface area contributed by atoms with Gasteiger partial charge in [-0.15, -0.1) is 0 Å². The van der Waals surface area contributed by atoms with Crippen molar-refractivity contribution in [3.05, 3.63) is 71.1 Å². The van der Waals surface area contributed by atoms with Gasteiger partial charge in [0.15, 0.2) is 0 Å². The fraction of sp³-hybridized carbons (Fsp3) is 0.536. The summed E-state index contributed by atoms with van der Waals surface area (Å²) >= 11 is 0. The Labute approximate surface area is 192 Å². The molecule has 4 unspecified atom stereocenters. The molecule has 4 heteroatoms. The van der Waals surface area contributed by atoms with E-state index in [-0.39, 0.29) is 17.4 Å². The van der Waals surface area contributed by atoms with Crippen molar-refractivity contribution in [3.8, 4) is 0 Å². The Morgan fingerprint density at radius 3 is 2.72 bits per heavy atom. The van der Waals surface area contributed by atoms with Gasteiger partial charge in [0.2, 0.25) is 0 Å². The second-order valence-electron chi connectivity index (χ2n) is 10.2. The van der Waals surface area contributed by atoms with Crippen LogP contribution >= 0.6 is 0 Å². The molecule has 0 radical (unpaired) electrons. The van der Waals surface area contributed by atoms with Gasteiger partial charge in [0, 0.05) is 23.7 Å². The summed E-state index contributed by atoms with van der Waals surface area (Å²) in [7, 11) is 3.75. The zero-order chi connectivity index (χ0) is 22.8. The van der Waals surface area contributed by atoms with Crippen molar-refractivity contribution >= 4 is 6.08 Å². The average molecular weight is 435 g/mol.